The summed E-state index contributed by atoms with van der Waals surface area (Å²) in [6, 6.07) is 0. The zero-order valence-electron chi connectivity index (χ0n) is 9.36. The normalized spacial score (nSPS) is 16.2. The van der Waals surface area contributed by atoms with Gasteiger partial charge in [0.05, 0.1) is 12.7 Å². The molecule has 0 aliphatic carbocycles. The maximum Gasteiger partial charge on any atom is 0.137 e. The first kappa shape index (κ1) is 14.1. The average Bonchev–Trinajstić information content (AvgIpc) is 2.02. The van der Waals surface area contributed by atoms with Crippen LogP contribution in [0.4, 0.5) is 0 Å². The molecule has 0 saturated heterocycles. The number of rotatable bonds is 7. The fourth-order valence-corrected chi connectivity index (χ4v) is 1.40. The van der Waals surface area contributed by atoms with Crippen LogP contribution in [-0.4, -0.2) is 25.0 Å². The maximum atomic E-state index is 11.2. The van der Waals surface area contributed by atoms with Gasteiger partial charge in [0.25, 0.3) is 0 Å². The van der Waals surface area contributed by atoms with Gasteiger partial charge >= 0.3 is 0 Å². The van der Waals surface area contributed by atoms with E-state index in [0.29, 0.717) is 13.0 Å². The van der Waals surface area contributed by atoms with Crippen molar-refractivity contribution in [1.82, 2.24) is 0 Å². The molecule has 0 N–H and O–H groups in total. The predicted octanol–water partition coefficient (Wildman–Crippen LogP) is 1.78. The lowest BCUT2D eigenvalue weighted by molar-refractivity contribution is -0.200. The van der Waals surface area contributed by atoms with Crippen LogP contribution in [0.3, 0.4) is 0 Å². The Labute approximate surface area is 86.1 Å². The smallest absolute Gasteiger partial charge is 0.137 e. The summed E-state index contributed by atoms with van der Waals surface area (Å²) in [5, 5.41) is 0. The lowest BCUT2D eigenvalue weighted by Crippen LogP contribution is -2.15. The van der Waals surface area contributed by atoms with Crippen molar-refractivity contribution < 1.29 is 18.7 Å². The summed E-state index contributed by atoms with van der Waals surface area (Å²) >= 11 is 0. The number of hydrogen-bond acceptors (Lipinski definition) is 4. The monoisotopic (exact) mass is 223 g/mol. The Morgan fingerprint density at radius 1 is 1.21 bits per heavy atom. The fourth-order valence-electron chi connectivity index (χ4n) is 0.719. The molecule has 0 bridgehead atoms. The minimum absolute atomic E-state index is 0.180. The minimum Gasteiger partial charge on any atom is -0.778 e. The molecule has 0 heterocycles. The highest BCUT2D eigenvalue weighted by Gasteiger charge is 2.12. The van der Waals surface area contributed by atoms with Crippen LogP contribution in [0, 0.1) is 0 Å². The topological polar surface area (TPSA) is 58.6 Å². The van der Waals surface area contributed by atoms with Crippen LogP contribution in [0.2, 0.25) is 0 Å². The molecule has 0 aromatic carbocycles. The first-order valence-corrected chi connectivity index (χ1v) is 6.54. The molecular weight excluding hydrogens is 203 g/mol. The van der Waals surface area contributed by atoms with Gasteiger partial charge in [0.1, 0.15) is 7.60 Å². The van der Waals surface area contributed by atoms with Crippen molar-refractivity contribution in [3.05, 3.63) is 0 Å². The summed E-state index contributed by atoms with van der Waals surface area (Å²) < 4.78 is 21.2. The zero-order chi connectivity index (χ0) is 11.2. The molecule has 1 atom stereocenters. The van der Waals surface area contributed by atoms with Crippen LogP contribution in [-0.2, 0) is 13.8 Å². The molecule has 0 amide bonds. The van der Waals surface area contributed by atoms with E-state index in [2.05, 4.69) is 0 Å². The highest BCUT2D eigenvalue weighted by molar-refractivity contribution is 7.52. The second-order valence-electron chi connectivity index (χ2n) is 3.74. The Bertz CT molecular complexity index is 191. The third-order valence-electron chi connectivity index (χ3n) is 1.64. The van der Waals surface area contributed by atoms with Gasteiger partial charge in [-0.15, -0.1) is 0 Å². The Hall–Kier alpha value is 0.110. The highest BCUT2D eigenvalue weighted by Crippen LogP contribution is 2.42. The minimum atomic E-state index is -3.63. The van der Waals surface area contributed by atoms with E-state index in [-0.39, 0.29) is 12.7 Å². The van der Waals surface area contributed by atoms with Crippen LogP contribution in [0.5, 0.6) is 0 Å². The van der Waals surface area contributed by atoms with Gasteiger partial charge in [-0.1, -0.05) is 13.8 Å². The summed E-state index contributed by atoms with van der Waals surface area (Å²) in [4.78, 5) is 11.2. The zero-order valence-corrected chi connectivity index (χ0v) is 10.3. The molecule has 0 aromatic heterocycles. The second-order valence-corrected chi connectivity index (χ2v) is 6.11. The van der Waals surface area contributed by atoms with Crippen molar-refractivity contribution >= 4 is 7.60 Å². The van der Waals surface area contributed by atoms with E-state index in [1.54, 1.807) is 13.8 Å². The van der Waals surface area contributed by atoms with Crippen molar-refractivity contribution in [1.29, 1.82) is 0 Å². The summed E-state index contributed by atoms with van der Waals surface area (Å²) in [6.07, 6.45) is 0.788. The van der Waals surface area contributed by atoms with E-state index in [1.165, 1.54) is 0 Å². The van der Waals surface area contributed by atoms with Gasteiger partial charge in [0.2, 0.25) is 0 Å². The Morgan fingerprint density at radius 3 is 2.21 bits per heavy atom. The third-order valence-corrected chi connectivity index (χ3v) is 3.45. The Kier molecular flexibility index (Phi) is 6.62. The van der Waals surface area contributed by atoms with Crippen molar-refractivity contribution in [3.8, 4) is 0 Å². The predicted molar refractivity (Wildman–Crippen MR) is 54.4 cm³/mol. The third kappa shape index (κ3) is 6.55. The van der Waals surface area contributed by atoms with Gasteiger partial charge in [-0.3, -0.25) is 0 Å². The van der Waals surface area contributed by atoms with Gasteiger partial charge in [0, 0.05) is 12.3 Å². The van der Waals surface area contributed by atoms with Crippen LogP contribution in [0.1, 0.15) is 34.1 Å². The van der Waals surface area contributed by atoms with E-state index >= 15 is 0 Å². The van der Waals surface area contributed by atoms with E-state index in [9.17, 15) is 9.46 Å². The lowest BCUT2D eigenvalue weighted by atomic mass is 10.4. The molecule has 0 spiro atoms. The summed E-state index contributed by atoms with van der Waals surface area (Å²) in [5.74, 6) is 0. The fraction of sp³-hybridized carbons (Fsp3) is 1.00. The van der Waals surface area contributed by atoms with E-state index < -0.39 is 13.3 Å². The van der Waals surface area contributed by atoms with Crippen LogP contribution >= 0.6 is 7.60 Å². The molecular formula is C9H20O4P-. The average molecular weight is 223 g/mol. The standard InChI is InChI=1S/C9H21O4P/c1-8(2)12-6-5-7-13-14(10,11)9(3)4/h8-9H,5-7H2,1-4H3,(H,10,11)/p-1. The number of ether oxygens (including phenoxy) is 1. The Morgan fingerprint density at radius 2 is 1.79 bits per heavy atom. The van der Waals surface area contributed by atoms with Gasteiger partial charge < -0.3 is 18.7 Å². The first-order valence-electron chi connectivity index (χ1n) is 4.93. The number of hydrogen-bond donors (Lipinski definition) is 0. The molecule has 0 aliphatic rings. The molecule has 0 aromatic rings. The van der Waals surface area contributed by atoms with E-state index in [0.717, 1.165) is 0 Å². The SMILES string of the molecule is CC(C)OCCCOP(=O)([O-])C(C)C. The van der Waals surface area contributed by atoms with Gasteiger partial charge in [-0.05, 0) is 20.3 Å². The van der Waals surface area contributed by atoms with Crippen LogP contribution < -0.4 is 4.89 Å². The molecule has 5 heteroatoms. The maximum absolute atomic E-state index is 11.2. The first-order chi connectivity index (χ1) is 6.36. The molecule has 0 saturated carbocycles. The van der Waals surface area contributed by atoms with Crippen molar-refractivity contribution in [2.24, 2.45) is 0 Å². The van der Waals surface area contributed by atoms with Gasteiger partial charge in [-0.2, -0.15) is 0 Å². The molecule has 0 rings (SSSR count). The second kappa shape index (κ2) is 6.57. The molecule has 14 heavy (non-hydrogen) atoms. The molecule has 1 unspecified atom stereocenters. The van der Waals surface area contributed by atoms with Crippen LogP contribution in [0.25, 0.3) is 0 Å². The van der Waals surface area contributed by atoms with Gasteiger partial charge in [0.15, 0.2) is 0 Å². The summed E-state index contributed by atoms with van der Waals surface area (Å²) in [6.45, 7) is 7.85. The van der Waals surface area contributed by atoms with Gasteiger partial charge in [-0.25, -0.2) is 0 Å². The summed E-state index contributed by atoms with van der Waals surface area (Å²) in [7, 11) is -3.63. The summed E-state index contributed by atoms with van der Waals surface area (Å²) in [5.41, 5.74) is -0.450. The van der Waals surface area contributed by atoms with E-state index in [4.69, 9.17) is 9.26 Å². The molecule has 4 nitrogen and oxygen atoms in total. The van der Waals surface area contributed by atoms with Crippen molar-refractivity contribution in [3.63, 3.8) is 0 Å². The highest BCUT2D eigenvalue weighted by atomic mass is 31.2. The Balaban J connectivity index is 3.50. The molecule has 86 valence electrons. The van der Waals surface area contributed by atoms with Crippen LogP contribution in [0.15, 0.2) is 0 Å². The molecule has 0 aliphatic heterocycles. The molecule has 0 radical (unpaired) electrons. The van der Waals surface area contributed by atoms with Crippen molar-refractivity contribution in [2.45, 2.75) is 45.9 Å². The largest absolute Gasteiger partial charge is 0.778 e. The lowest BCUT2D eigenvalue weighted by Gasteiger charge is -2.26. The van der Waals surface area contributed by atoms with E-state index in [1.807, 2.05) is 13.8 Å². The molecule has 0 fully saturated rings. The van der Waals surface area contributed by atoms with Crippen molar-refractivity contribution in [2.75, 3.05) is 13.2 Å². The quantitative estimate of drug-likeness (QED) is 0.487.